The summed E-state index contributed by atoms with van der Waals surface area (Å²) in [6, 6.07) is 0.715. The number of piperazine rings is 1. The van der Waals surface area contributed by atoms with Gasteiger partial charge in [-0.15, -0.1) is 0 Å². The number of nitrogens with zero attached hydrogens (tertiary/aromatic N) is 4. The van der Waals surface area contributed by atoms with Crippen LogP contribution in [-0.2, 0) is 13.1 Å². The molecule has 1 aliphatic heterocycles. The largest absolute Gasteiger partial charge is 0.298 e. The summed E-state index contributed by atoms with van der Waals surface area (Å²) in [5.74, 6) is 0. The highest BCUT2D eigenvalue weighted by Crippen LogP contribution is 2.23. The van der Waals surface area contributed by atoms with Crippen molar-refractivity contribution in [1.29, 1.82) is 0 Å². The van der Waals surface area contributed by atoms with Gasteiger partial charge in [0, 0.05) is 45.3 Å². The Morgan fingerprint density at radius 2 is 1.85 bits per heavy atom. The van der Waals surface area contributed by atoms with Gasteiger partial charge in [0.15, 0.2) is 0 Å². The molecule has 1 aliphatic rings. The Morgan fingerprint density at radius 1 is 1.20 bits per heavy atom. The van der Waals surface area contributed by atoms with E-state index in [-0.39, 0.29) is 0 Å². The Morgan fingerprint density at radius 3 is 2.40 bits per heavy atom. The molecule has 1 aromatic rings. The number of aryl methyl sites for hydroxylation is 2. The molecule has 0 aromatic carbocycles. The molecule has 0 amide bonds. The molecule has 0 spiro atoms. The topological polar surface area (TPSA) is 24.3 Å². The molecular formula is C15H27BrN4. The van der Waals surface area contributed by atoms with Crippen molar-refractivity contribution >= 4 is 15.9 Å². The lowest BCUT2D eigenvalue weighted by Gasteiger charge is -2.37. The summed E-state index contributed by atoms with van der Waals surface area (Å²) in [5.41, 5.74) is 2.42. The summed E-state index contributed by atoms with van der Waals surface area (Å²) in [6.45, 7) is 15.5. The summed E-state index contributed by atoms with van der Waals surface area (Å²) >= 11 is 3.69. The lowest BCUT2D eigenvalue weighted by Crippen LogP contribution is -2.49. The van der Waals surface area contributed by atoms with Crippen LogP contribution in [0.3, 0.4) is 0 Å². The van der Waals surface area contributed by atoms with Crippen LogP contribution in [0, 0.1) is 6.92 Å². The fourth-order valence-corrected chi connectivity index (χ4v) is 3.26. The van der Waals surface area contributed by atoms with Crippen LogP contribution >= 0.6 is 15.9 Å². The molecule has 4 nitrogen and oxygen atoms in total. The van der Waals surface area contributed by atoms with Crippen LogP contribution in [0.1, 0.15) is 38.6 Å². The summed E-state index contributed by atoms with van der Waals surface area (Å²) in [4.78, 5) is 5.15. The molecule has 114 valence electrons. The van der Waals surface area contributed by atoms with Gasteiger partial charge in [-0.05, 0) is 43.1 Å². The fourth-order valence-electron chi connectivity index (χ4n) is 2.85. The average Bonchev–Trinajstić information content (AvgIpc) is 2.75. The molecule has 1 saturated heterocycles. The maximum absolute atomic E-state index is 4.58. The van der Waals surface area contributed by atoms with E-state index in [0.717, 1.165) is 31.9 Å². The average molecular weight is 343 g/mol. The van der Waals surface area contributed by atoms with Crippen LogP contribution in [-0.4, -0.2) is 51.8 Å². The van der Waals surface area contributed by atoms with Gasteiger partial charge in [-0.3, -0.25) is 14.5 Å². The van der Waals surface area contributed by atoms with E-state index < -0.39 is 0 Å². The van der Waals surface area contributed by atoms with Crippen LogP contribution in [0.4, 0.5) is 0 Å². The van der Waals surface area contributed by atoms with Gasteiger partial charge >= 0.3 is 0 Å². The molecule has 5 heteroatoms. The highest BCUT2D eigenvalue weighted by atomic mass is 79.9. The van der Waals surface area contributed by atoms with Crippen molar-refractivity contribution < 1.29 is 0 Å². The first kappa shape index (κ1) is 16.0. The molecule has 0 bridgehead atoms. The van der Waals surface area contributed by atoms with Gasteiger partial charge in [-0.2, -0.15) is 5.10 Å². The number of rotatable bonds is 5. The Labute approximate surface area is 131 Å². The highest BCUT2D eigenvalue weighted by molar-refractivity contribution is 9.10. The summed E-state index contributed by atoms with van der Waals surface area (Å²) < 4.78 is 3.31. The van der Waals surface area contributed by atoms with Crippen molar-refractivity contribution in [2.75, 3.05) is 26.2 Å². The zero-order chi connectivity index (χ0) is 14.7. The molecule has 0 aliphatic carbocycles. The summed E-state index contributed by atoms with van der Waals surface area (Å²) in [7, 11) is 0. The second kappa shape index (κ2) is 7.05. The van der Waals surface area contributed by atoms with Crippen molar-refractivity contribution in [1.82, 2.24) is 19.6 Å². The first-order valence-electron chi connectivity index (χ1n) is 7.75. The van der Waals surface area contributed by atoms with Crippen molar-refractivity contribution in [2.45, 2.75) is 53.2 Å². The SMILES string of the molecule is CCC(C)N1CCN(Cc2c(Br)c(C)nn2CC)CC1. The lowest BCUT2D eigenvalue weighted by molar-refractivity contribution is 0.0945. The van der Waals surface area contributed by atoms with Gasteiger partial charge in [-0.1, -0.05) is 6.92 Å². The van der Waals surface area contributed by atoms with Gasteiger partial charge in [0.1, 0.15) is 0 Å². The van der Waals surface area contributed by atoms with Gasteiger partial charge in [0.2, 0.25) is 0 Å². The van der Waals surface area contributed by atoms with Gasteiger partial charge in [0.05, 0.1) is 15.9 Å². The minimum absolute atomic E-state index is 0.715. The van der Waals surface area contributed by atoms with Crippen LogP contribution in [0.2, 0.25) is 0 Å². The maximum Gasteiger partial charge on any atom is 0.0739 e. The molecule has 2 rings (SSSR count). The molecule has 1 atom stereocenters. The van der Waals surface area contributed by atoms with E-state index in [2.05, 4.69) is 63.2 Å². The third-order valence-electron chi connectivity index (χ3n) is 4.45. The van der Waals surface area contributed by atoms with E-state index in [0.29, 0.717) is 6.04 Å². The molecule has 0 radical (unpaired) electrons. The highest BCUT2D eigenvalue weighted by Gasteiger charge is 2.22. The van der Waals surface area contributed by atoms with E-state index >= 15 is 0 Å². The second-order valence-electron chi connectivity index (χ2n) is 5.73. The van der Waals surface area contributed by atoms with Crippen molar-refractivity contribution in [3.8, 4) is 0 Å². The summed E-state index contributed by atoms with van der Waals surface area (Å²) in [5, 5.41) is 4.58. The minimum Gasteiger partial charge on any atom is -0.298 e. The van der Waals surface area contributed by atoms with E-state index in [1.165, 1.54) is 29.7 Å². The smallest absolute Gasteiger partial charge is 0.0739 e. The maximum atomic E-state index is 4.58. The van der Waals surface area contributed by atoms with E-state index in [1.54, 1.807) is 0 Å². The first-order chi connectivity index (χ1) is 9.56. The van der Waals surface area contributed by atoms with Crippen LogP contribution in [0.25, 0.3) is 0 Å². The second-order valence-corrected chi connectivity index (χ2v) is 6.52. The minimum atomic E-state index is 0.715. The number of aromatic nitrogens is 2. The normalized spacial score (nSPS) is 19.4. The molecule has 1 aromatic heterocycles. The van der Waals surface area contributed by atoms with Crippen molar-refractivity contribution in [2.24, 2.45) is 0 Å². The van der Waals surface area contributed by atoms with E-state index in [1.807, 2.05) is 0 Å². The molecule has 0 N–H and O–H groups in total. The fraction of sp³-hybridized carbons (Fsp3) is 0.800. The molecular weight excluding hydrogens is 316 g/mol. The molecule has 1 fully saturated rings. The Balaban J connectivity index is 1.96. The van der Waals surface area contributed by atoms with Crippen LogP contribution < -0.4 is 0 Å². The third kappa shape index (κ3) is 3.43. The molecule has 0 saturated carbocycles. The Bertz CT molecular complexity index is 435. The zero-order valence-corrected chi connectivity index (χ0v) is 14.8. The predicted molar refractivity (Wildman–Crippen MR) is 86.9 cm³/mol. The predicted octanol–water partition coefficient (Wildman–Crippen LogP) is 2.89. The van der Waals surface area contributed by atoms with Gasteiger partial charge in [0.25, 0.3) is 0 Å². The quantitative estimate of drug-likeness (QED) is 0.822. The Hall–Kier alpha value is -0.390. The monoisotopic (exact) mass is 342 g/mol. The van der Waals surface area contributed by atoms with Gasteiger partial charge < -0.3 is 0 Å². The molecule has 20 heavy (non-hydrogen) atoms. The van der Waals surface area contributed by atoms with E-state index in [9.17, 15) is 0 Å². The summed E-state index contributed by atoms with van der Waals surface area (Å²) in [6.07, 6.45) is 1.24. The lowest BCUT2D eigenvalue weighted by atomic mass is 10.2. The molecule has 1 unspecified atom stereocenters. The standard InChI is InChI=1S/C15H27BrN4/c1-5-12(3)19-9-7-18(8-10-19)11-14-15(16)13(4)17-20(14)6-2/h12H,5-11H2,1-4H3. The zero-order valence-electron chi connectivity index (χ0n) is 13.2. The van der Waals surface area contributed by atoms with Gasteiger partial charge in [-0.25, -0.2) is 0 Å². The first-order valence-corrected chi connectivity index (χ1v) is 8.54. The number of halogens is 1. The van der Waals surface area contributed by atoms with Crippen LogP contribution in [0.15, 0.2) is 4.47 Å². The van der Waals surface area contributed by atoms with Crippen LogP contribution in [0.5, 0.6) is 0 Å². The number of hydrogen-bond acceptors (Lipinski definition) is 3. The third-order valence-corrected chi connectivity index (χ3v) is 5.48. The van der Waals surface area contributed by atoms with Crippen molar-refractivity contribution in [3.63, 3.8) is 0 Å². The van der Waals surface area contributed by atoms with E-state index in [4.69, 9.17) is 0 Å². The Kier molecular flexibility index (Phi) is 5.64. The molecule has 2 heterocycles. The van der Waals surface area contributed by atoms with Crippen molar-refractivity contribution in [3.05, 3.63) is 15.9 Å². The number of hydrogen-bond donors (Lipinski definition) is 0.